The number of amides is 1. The first-order chi connectivity index (χ1) is 15.2. The molecule has 1 heterocycles. The third-order valence-electron chi connectivity index (χ3n) is 5.74. The fourth-order valence-corrected chi connectivity index (χ4v) is 5.75. The summed E-state index contributed by atoms with van der Waals surface area (Å²) in [5.41, 5.74) is 1.30. The predicted octanol–water partition coefficient (Wildman–Crippen LogP) is 4.13. The molecule has 3 unspecified atom stereocenters. The minimum atomic E-state index is -3.72. The van der Waals surface area contributed by atoms with Gasteiger partial charge in [0, 0.05) is 18.7 Å². The minimum absolute atomic E-state index is 0.116. The molecule has 0 aliphatic carbocycles. The van der Waals surface area contributed by atoms with Crippen LogP contribution in [0.2, 0.25) is 0 Å². The Bertz CT molecular complexity index is 1230. The molecule has 0 radical (unpaired) electrons. The van der Waals surface area contributed by atoms with Crippen LogP contribution in [0.5, 0.6) is 0 Å². The van der Waals surface area contributed by atoms with Gasteiger partial charge in [0.05, 0.1) is 23.1 Å². The van der Waals surface area contributed by atoms with Gasteiger partial charge in [-0.25, -0.2) is 8.42 Å². The van der Waals surface area contributed by atoms with Crippen LogP contribution in [0.1, 0.15) is 42.7 Å². The number of rotatable bonds is 5. The standard InChI is InChI=1S/C25H28N2O4S/c1-17-15-27(16-18(2)31-17)32(29,30)24-10-6-9-23(14-24)25(28)26-19(3)21-12-11-20-7-4-5-8-22(20)13-21/h4-14,17-19H,15-16H2,1-3H3,(H,26,28). The molecule has 0 saturated carbocycles. The zero-order valence-electron chi connectivity index (χ0n) is 18.5. The molecule has 7 heteroatoms. The Morgan fingerprint density at radius 3 is 2.38 bits per heavy atom. The number of carbonyl (C=O) groups excluding carboxylic acids is 1. The van der Waals surface area contributed by atoms with Crippen LogP contribution in [0.15, 0.2) is 71.6 Å². The highest BCUT2D eigenvalue weighted by Gasteiger charge is 2.32. The predicted molar refractivity (Wildman–Crippen MR) is 125 cm³/mol. The Hall–Kier alpha value is -2.74. The summed E-state index contributed by atoms with van der Waals surface area (Å²) < 4.78 is 33.4. The molecule has 3 aromatic rings. The van der Waals surface area contributed by atoms with E-state index in [4.69, 9.17) is 4.74 Å². The van der Waals surface area contributed by atoms with Crippen molar-refractivity contribution in [3.63, 3.8) is 0 Å². The van der Waals surface area contributed by atoms with Crippen molar-refractivity contribution in [3.05, 3.63) is 77.9 Å². The second kappa shape index (κ2) is 9.02. The lowest BCUT2D eigenvalue weighted by atomic mass is 10.0. The molecule has 1 fully saturated rings. The molecular formula is C25H28N2O4S. The van der Waals surface area contributed by atoms with E-state index in [9.17, 15) is 13.2 Å². The molecule has 168 valence electrons. The van der Waals surface area contributed by atoms with E-state index in [2.05, 4.69) is 11.4 Å². The Morgan fingerprint density at radius 2 is 1.66 bits per heavy atom. The van der Waals surface area contributed by atoms with E-state index in [0.29, 0.717) is 18.7 Å². The first-order valence-electron chi connectivity index (χ1n) is 10.8. The van der Waals surface area contributed by atoms with Crippen LogP contribution in [0.4, 0.5) is 0 Å². The van der Waals surface area contributed by atoms with Crippen LogP contribution in [0.25, 0.3) is 10.8 Å². The smallest absolute Gasteiger partial charge is 0.251 e. The summed E-state index contributed by atoms with van der Waals surface area (Å²) in [5.74, 6) is -0.313. The number of hydrogen-bond acceptors (Lipinski definition) is 4. The van der Waals surface area contributed by atoms with Crippen molar-refractivity contribution >= 4 is 26.7 Å². The normalized spacial score (nSPS) is 20.7. The van der Waals surface area contributed by atoms with Gasteiger partial charge in [0.2, 0.25) is 10.0 Å². The van der Waals surface area contributed by atoms with Gasteiger partial charge in [0.15, 0.2) is 0 Å². The summed E-state index contributed by atoms with van der Waals surface area (Å²) in [4.78, 5) is 13.0. The number of ether oxygens (including phenoxy) is 1. The number of carbonyl (C=O) groups is 1. The summed E-state index contributed by atoms with van der Waals surface area (Å²) in [5, 5.41) is 5.23. The highest BCUT2D eigenvalue weighted by Crippen LogP contribution is 2.23. The number of hydrogen-bond donors (Lipinski definition) is 1. The zero-order valence-corrected chi connectivity index (χ0v) is 19.3. The molecule has 1 saturated heterocycles. The molecule has 1 N–H and O–H groups in total. The van der Waals surface area contributed by atoms with E-state index < -0.39 is 10.0 Å². The van der Waals surface area contributed by atoms with Crippen molar-refractivity contribution < 1.29 is 17.9 Å². The molecule has 0 spiro atoms. The van der Waals surface area contributed by atoms with E-state index >= 15 is 0 Å². The minimum Gasteiger partial charge on any atom is -0.373 e. The van der Waals surface area contributed by atoms with Gasteiger partial charge in [-0.1, -0.05) is 42.5 Å². The van der Waals surface area contributed by atoms with E-state index in [1.54, 1.807) is 12.1 Å². The largest absolute Gasteiger partial charge is 0.373 e. The zero-order chi connectivity index (χ0) is 22.9. The molecular weight excluding hydrogens is 424 g/mol. The van der Waals surface area contributed by atoms with Gasteiger partial charge >= 0.3 is 0 Å². The van der Waals surface area contributed by atoms with Gasteiger partial charge in [0.25, 0.3) is 5.91 Å². The van der Waals surface area contributed by atoms with Crippen LogP contribution in [0, 0.1) is 0 Å². The molecule has 0 bridgehead atoms. The monoisotopic (exact) mass is 452 g/mol. The lowest BCUT2D eigenvalue weighted by molar-refractivity contribution is -0.0440. The average molecular weight is 453 g/mol. The third-order valence-corrected chi connectivity index (χ3v) is 7.57. The van der Waals surface area contributed by atoms with E-state index in [1.165, 1.54) is 16.4 Å². The van der Waals surface area contributed by atoms with Crippen LogP contribution >= 0.6 is 0 Å². The van der Waals surface area contributed by atoms with Crippen molar-refractivity contribution in [3.8, 4) is 0 Å². The van der Waals surface area contributed by atoms with Gasteiger partial charge in [-0.2, -0.15) is 4.31 Å². The number of fused-ring (bicyclic) bond motifs is 1. The van der Waals surface area contributed by atoms with Crippen molar-refractivity contribution in [2.45, 2.75) is 43.9 Å². The summed E-state index contributed by atoms with van der Waals surface area (Å²) in [6, 6.07) is 20.1. The fourth-order valence-electron chi connectivity index (χ4n) is 4.11. The second-order valence-corrected chi connectivity index (χ2v) is 10.3. The number of nitrogens with one attached hydrogen (secondary N) is 1. The number of morpholine rings is 1. The average Bonchev–Trinajstić information content (AvgIpc) is 2.78. The number of nitrogens with zero attached hydrogens (tertiary/aromatic N) is 1. The summed E-state index contributed by atoms with van der Waals surface area (Å²) >= 11 is 0. The number of benzene rings is 3. The molecule has 1 aliphatic heterocycles. The maximum Gasteiger partial charge on any atom is 0.251 e. The lowest BCUT2D eigenvalue weighted by Crippen LogP contribution is -2.48. The van der Waals surface area contributed by atoms with Crippen LogP contribution < -0.4 is 5.32 Å². The van der Waals surface area contributed by atoms with Gasteiger partial charge in [0.1, 0.15) is 0 Å². The van der Waals surface area contributed by atoms with Crippen molar-refractivity contribution in [2.75, 3.05) is 13.1 Å². The van der Waals surface area contributed by atoms with E-state index in [-0.39, 0.29) is 29.1 Å². The van der Waals surface area contributed by atoms with Crippen LogP contribution in [0.3, 0.4) is 0 Å². The maximum atomic E-state index is 13.2. The Balaban J connectivity index is 1.52. The SMILES string of the molecule is CC1CN(S(=O)(=O)c2cccc(C(=O)NC(C)c3ccc4ccccc4c3)c2)CC(C)O1. The Labute approximate surface area is 189 Å². The highest BCUT2D eigenvalue weighted by atomic mass is 32.2. The molecule has 4 rings (SSSR count). The third kappa shape index (κ3) is 4.70. The van der Waals surface area contributed by atoms with Crippen molar-refractivity contribution in [1.82, 2.24) is 9.62 Å². The quantitative estimate of drug-likeness (QED) is 0.632. The first-order valence-corrected chi connectivity index (χ1v) is 12.2. The Morgan fingerprint density at radius 1 is 0.969 bits per heavy atom. The molecule has 6 nitrogen and oxygen atoms in total. The molecule has 32 heavy (non-hydrogen) atoms. The van der Waals surface area contributed by atoms with Crippen molar-refractivity contribution in [2.24, 2.45) is 0 Å². The van der Waals surface area contributed by atoms with Crippen molar-refractivity contribution in [1.29, 1.82) is 0 Å². The molecule has 0 aromatic heterocycles. The topological polar surface area (TPSA) is 75.7 Å². The maximum absolute atomic E-state index is 13.2. The van der Waals surface area contributed by atoms with E-state index in [0.717, 1.165) is 16.3 Å². The fraction of sp³-hybridized carbons (Fsp3) is 0.320. The summed E-state index contributed by atoms with van der Waals surface area (Å²) in [7, 11) is -3.72. The molecule has 3 atom stereocenters. The summed E-state index contributed by atoms with van der Waals surface area (Å²) in [6.45, 7) is 6.22. The Kier molecular flexibility index (Phi) is 6.33. The molecule has 1 amide bonds. The molecule has 1 aliphatic rings. The van der Waals surface area contributed by atoms with Gasteiger partial charge in [-0.15, -0.1) is 0 Å². The van der Waals surface area contributed by atoms with Gasteiger partial charge in [-0.3, -0.25) is 4.79 Å². The lowest BCUT2D eigenvalue weighted by Gasteiger charge is -2.34. The van der Waals surface area contributed by atoms with Crippen LogP contribution in [-0.4, -0.2) is 43.9 Å². The van der Waals surface area contributed by atoms with Gasteiger partial charge in [-0.05, 0) is 61.4 Å². The van der Waals surface area contributed by atoms with Crippen LogP contribution in [-0.2, 0) is 14.8 Å². The van der Waals surface area contributed by atoms with Gasteiger partial charge < -0.3 is 10.1 Å². The molecule has 3 aromatic carbocycles. The first kappa shape index (κ1) is 22.5. The van der Waals surface area contributed by atoms with E-state index in [1.807, 2.05) is 57.2 Å². The number of sulfonamides is 1. The highest BCUT2D eigenvalue weighted by molar-refractivity contribution is 7.89. The second-order valence-electron chi connectivity index (χ2n) is 8.41. The summed E-state index contributed by atoms with van der Waals surface area (Å²) in [6.07, 6.45) is -0.356.